The predicted molar refractivity (Wildman–Crippen MR) is 86.0 cm³/mol. The van der Waals surface area contributed by atoms with E-state index < -0.39 is 12.3 Å². The molecule has 0 heterocycles. The molecule has 7 nitrogen and oxygen atoms in total. The second-order valence-corrected chi connectivity index (χ2v) is 4.18. The van der Waals surface area contributed by atoms with Crippen LogP contribution in [0.5, 0.6) is 0 Å². The maximum Gasteiger partial charge on any atom is 1.00 e. The minimum Gasteiger partial charge on any atom is -0.655 e. The van der Waals surface area contributed by atoms with E-state index in [1.54, 1.807) is 0 Å². The third kappa shape index (κ3) is 14.3. The first-order chi connectivity index (χ1) is 11.0. The van der Waals surface area contributed by atoms with Crippen molar-refractivity contribution >= 4 is 35.0 Å². The first-order valence-electron chi connectivity index (χ1n) is 5.94. The predicted octanol–water partition coefficient (Wildman–Crippen LogP) is -0.137. The number of hydrogen-bond donors (Lipinski definition) is 0. The van der Waals surface area contributed by atoms with Gasteiger partial charge in [0.1, 0.15) is 6.10 Å². The number of benzene rings is 1. The molecule has 0 amide bonds. The van der Waals surface area contributed by atoms with Gasteiger partial charge in [-0.15, -0.1) is 0 Å². The van der Waals surface area contributed by atoms with Crippen LogP contribution in [0, 0.1) is 0 Å². The van der Waals surface area contributed by atoms with Crippen LogP contribution < -0.4 is 29.6 Å². The van der Waals surface area contributed by atoms with Gasteiger partial charge in [-0.3, -0.25) is 0 Å². The number of ether oxygens (including phenoxy) is 4. The van der Waals surface area contributed by atoms with Gasteiger partial charge in [-0.05, 0) is 12.1 Å². The number of carbonyl (C=O) groups is 1. The molecule has 0 aromatic heterocycles. The van der Waals surface area contributed by atoms with Crippen LogP contribution in [0.25, 0.3) is 0 Å². The summed E-state index contributed by atoms with van der Waals surface area (Å²) in [6.45, 7) is 5.97. The molecular formula is C15H17BrNaO7-. The van der Waals surface area contributed by atoms with E-state index in [9.17, 15) is 4.79 Å². The third-order valence-electron chi connectivity index (χ3n) is 1.98. The van der Waals surface area contributed by atoms with E-state index in [2.05, 4.69) is 36.7 Å². The molecule has 0 saturated heterocycles. The normalized spacial score (nSPS) is 9.00. The SMILES string of the molecule is C=CC(OC(=O)OC)c1ccccc1Br.CO[C-]=O.CO[C-]=O.[Na+]. The molecule has 1 unspecified atom stereocenters. The van der Waals surface area contributed by atoms with Crippen molar-refractivity contribution in [2.45, 2.75) is 6.10 Å². The van der Waals surface area contributed by atoms with E-state index in [0.29, 0.717) is 0 Å². The Bertz CT molecular complexity index is 475. The number of halogens is 1. The second kappa shape index (κ2) is 19.7. The zero-order valence-corrected chi connectivity index (χ0v) is 17.5. The summed E-state index contributed by atoms with van der Waals surface area (Å²) in [4.78, 5) is 28.6. The standard InChI is InChI=1S/C11H11BrO3.2C2H3O2.Na/c1-3-10(15-11(13)14-2)8-6-4-5-7-9(8)12;2*1-4-2-3;/h3-7,10H,1H2,2H3;2*1H3;/q;2*-1;+1. The Kier molecular flexibility index (Phi) is 22.6. The van der Waals surface area contributed by atoms with E-state index in [0.717, 1.165) is 10.0 Å². The number of carbonyl (C=O) groups excluding carboxylic acids is 3. The van der Waals surface area contributed by atoms with Crippen molar-refractivity contribution in [2.24, 2.45) is 0 Å². The van der Waals surface area contributed by atoms with Gasteiger partial charge in [0.15, 0.2) is 0 Å². The average Bonchev–Trinajstić information content (AvgIpc) is 2.60. The molecule has 1 aromatic rings. The minimum atomic E-state index is -0.726. The van der Waals surface area contributed by atoms with Gasteiger partial charge in [-0.25, -0.2) is 4.79 Å². The molecule has 0 N–H and O–H groups in total. The molecule has 0 radical (unpaired) electrons. The van der Waals surface area contributed by atoms with Gasteiger partial charge in [-0.1, -0.05) is 53.7 Å². The fraction of sp³-hybridized carbons (Fsp3) is 0.267. The first-order valence-corrected chi connectivity index (χ1v) is 6.73. The Hall–Kier alpha value is -1.35. The summed E-state index contributed by atoms with van der Waals surface area (Å²) in [7, 11) is 3.78. The fourth-order valence-corrected chi connectivity index (χ4v) is 1.61. The Morgan fingerprint density at radius 2 is 1.62 bits per heavy atom. The number of hydrogen-bond acceptors (Lipinski definition) is 7. The summed E-state index contributed by atoms with van der Waals surface area (Å²) >= 11 is 3.37. The molecule has 0 aliphatic carbocycles. The molecule has 0 aliphatic rings. The summed E-state index contributed by atoms with van der Waals surface area (Å²) in [6.07, 6.45) is 0.306. The van der Waals surface area contributed by atoms with Crippen molar-refractivity contribution in [3.05, 3.63) is 47.0 Å². The van der Waals surface area contributed by atoms with Crippen LogP contribution in [-0.4, -0.2) is 40.4 Å². The average molecular weight is 412 g/mol. The van der Waals surface area contributed by atoms with Crippen LogP contribution >= 0.6 is 15.9 Å². The summed E-state index contributed by atoms with van der Waals surface area (Å²) in [5.74, 6) is 0. The molecule has 0 saturated carbocycles. The molecule has 0 spiro atoms. The van der Waals surface area contributed by atoms with E-state index >= 15 is 0 Å². The van der Waals surface area contributed by atoms with Gasteiger partial charge in [0.2, 0.25) is 0 Å². The molecule has 128 valence electrons. The van der Waals surface area contributed by atoms with E-state index in [1.807, 2.05) is 24.3 Å². The van der Waals surface area contributed by atoms with Crippen LogP contribution in [0.15, 0.2) is 41.4 Å². The van der Waals surface area contributed by atoms with E-state index in [1.165, 1.54) is 40.3 Å². The molecule has 0 bridgehead atoms. The third-order valence-corrected chi connectivity index (χ3v) is 2.70. The molecular weight excluding hydrogens is 395 g/mol. The number of methoxy groups -OCH3 is 3. The first kappa shape index (κ1) is 27.5. The van der Waals surface area contributed by atoms with E-state index in [4.69, 9.17) is 14.3 Å². The van der Waals surface area contributed by atoms with Gasteiger partial charge in [0.05, 0.1) is 7.11 Å². The fourth-order valence-electron chi connectivity index (χ4n) is 1.10. The van der Waals surface area contributed by atoms with Crippen molar-refractivity contribution in [1.82, 2.24) is 0 Å². The molecule has 24 heavy (non-hydrogen) atoms. The smallest absolute Gasteiger partial charge is 0.655 e. The van der Waals surface area contributed by atoms with Crippen LogP contribution in [0.1, 0.15) is 11.7 Å². The summed E-state index contributed by atoms with van der Waals surface area (Å²) in [6, 6.07) is 7.45. The van der Waals surface area contributed by atoms with Crippen molar-refractivity contribution in [2.75, 3.05) is 21.3 Å². The van der Waals surface area contributed by atoms with Crippen molar-refractivity contribution in [3.8, 4) is 0 Å². The summed E-state index contributed by atoms with van der Waals surface area (Å²) < 4.78 is 17.8. The van der Waals surface area contributed by atoms with Gasteiger partial charge in [0.25, 0.3) is 0 Å². The van der Waals surface area contributed by atoms with Gasteiger partial charge >= 0.3 is 35.7 Å². The van der Waals surface area contributed by atoms with Crippen LogP contribution in [0.2, 0.25) is 0 Å². The zero-order valence-electron chi connectivity index (χ0n) is 13.9. The molecule has 0 fully saturated rings. The number of rotatable bonds is 5. The maximum absolute atomic E-state index is 11.0. The maximum atomic E-state index is 11.0. The van der Waals surface area contributed by atoms with Crippen LogP contribution in [0.4, 0.5) is 4.79 Å². The van der Waals surface area contributed by atoms with Crippen LogP contribution in [0.3, 0.4) is 0 Å². The topological polar surface area (TPSA) is 88.1 Å². The Labute approximate surface area is 171 Å². The molecule has 9 heteroatoms. The summed E-state index contributed by atoms with van der Waals surface area (Å²) in [5, 5.41) is 0. The second-order valence-electron chi connectivity index (χ2n) is 3.32. The van der Waals surface area contributed by atoms with Crippen molar-refractivity contribution in [1.29, 1.82) is 0 Å². The quantitative estimate of drug-likeness (QED) is 0.219. The Morgan fingerprint density at radius 1 is 1.17 bits per heavy atom. The van der Waals surface area contributed by atoms with Crippen molar-refractivity contribution in [3.63, 3.8) is 0 Å². The molecule has 1 aromatic carbocycles. The molecule has 0 aliphatic heterocycles. The zero-order chi connectivity index (χ0) is 18.1. The molecule has 1 atom stereocenters. The van der Waals surface area contributed by atoms with Gasteiger partial charge in [-0.2, -0.15) is 0 Å². The van der Waals surface area contributed by atoms with Crippen LogP contribution in [-0.2, 0) is 28.5 Å². The van der Waals surface area contributed by atoms with Gasteiger partial charge in [0, 0.05) is 24.3 Å². The summed E-state index contributed by atoms with van der Waals surface area (Å²) in [5.41, 5.74) is 0.831. The van der Waals surface area contributed by atoms with E-state index in [-0.39, 0.29) is 29.6 Å². The Balaban J connectivity index is -0.000000413. The Morgan fingerprint density at radius 3 is 1.96 bits per heavy atom. The minimum absolute atomic E-state index is 0. The molecule has 1 rings (SSSR count). The largest absolute Gasteiger partial charge is 1.00 e. The monoisotopic (exact) mass is 411 g/mol. The van der Waals surface area contributed by atoms with Gasteiger partial charge < -0.3 is 28.5 Å². The van der Waals surface area contributed by atoms with Crippen molar-refractivity contribution < 1.29 is 62.9 Å².